The maximum atomic E-state index is 13.5. The minimum absolute atomic E-state index is 0.352. The summed E-state index contributed by atoms with van der Waals surface area (Å²) < 4.78 is 4.42. The molecule has 0 heterocycles. The van der Waals surface area contributed by atoms with E-state index < -0.39 is 12.0 Å². The van der Waals surface area contributed by atoms with Gasteiger partial charge in [0.15, 0.2) is 0 Å². The number of halogens is 1. The van der Waals surface area contributed by atoms with Gasteiger partial charge in [0.1, 0.15) is 17.9 Å². The summed E-state index contributed by atoms with van der Waals surface area (Å²) in [5, 5.41) is 2.83. The van der Waals surface area contributed by atoms with Crippen molar-refractivity contribution in [3.05, 3.63) is 130 Å². The van der Waals surface area contributed by atoms with Crippen molar-refractivity contribution < 1.29 is 13.9 Å². The third kappa shape index (κ3) is 7.65. The predicted octanol–water partition coefficient (Wildman–Crippen LogP) is 7.97. The van der Waals surface area contributed by atoms with E-state index in [1.54, 1.807) is 11.8 Å². The Bertz CT molecular complexity index is 1490. The number of hydrogen-bond acceptors (Lipinski definition) is 4. The fourth-order valence-corrected chi connectivity index (χ4v) is 5.17. The number of benzene rings is 4. The summed E-state index contributed by atoms with van der Waals surface area (Å²) in [6.07, 6.45) is 7.38. The molecule has 204 valence electrons. The minimum atomic E-state index is -0.831. The summed E-state index contributed by atoms with van der Waals surface area (Å²) >= 11 is 6.93. The Balaban J connectivity index is 1.67. The molecular weight excluding hydrogens is 538 g/mol. The zero-order chi connectivity index (χ0) is 28.3. The van der Waals surface area contributed by atoms with Crippen molar-refractivity contribution in [2.24, 2.45) is 0 Å². The first kappa shape index (κ1) is 29.2. The van der Waals surface area contributed by atoms with E-state index in [-0.39, 0.29) is 5.91 Å². The highest BCUT2D eigenvalue weighted by Crippen LogP contribution is 2.29. The lowest BCUT2D eigenvalue weighted by atomic mass is 9.93. The van der Waals surface area contributed by atoms with E-state index in [1.807, 2.05) is 67.8 Å². The molecule has 0 saturated carbocycles. The van der Waals surface area contributed by atoms with Gasteiger partial charge in [0.05, 0.1) is 0 Å². The third-order valence-electron chi connectivity index (χ3n) is 6.75. The highest BCUT2D eigenvalue weighted by Gasteiger charge is 2.24. The van der Waals surface area contributed by atoms with Crippen molar-refractivity contribution in [1.82, 2.24) is 5.32 Å². The maximum absolute atomic E-state index is 13.5. The SMILES string of the molecule is CSCCC(NC(=O)c1ccc(/C=C/c2ccccc2Cc2ccccc2)cc1-c1ccccc1C)C(=O)OCl. The number of amides is 1. The van der Waals surface area contributed by atoms with Crippen molar-refractivity contribution in [3.63, 3.8) is 0 Å². The Labute approximate surface area is 245 Å². The molecule has 1 N–H and O–H groups in total. The van der Waals surface area contributed by atoms with Crippen molar-refractivity contribution in [2.75, 3.05) is 12.0 Å². The predicted molar refractivity (Wildman–Crippen MR) is 167 cm³/mol. The van der Waals surface area contributed by atoms with E-state index in [0.29, 0.717) is 17.7 Å². The average molecular weight is 570 g/mol. The highest BCUT2D eigenvalue weighted by molar-refractivity contribution is 7.98. The molecule has 1 atom stereocenters. The molecule has 0 saturated heterocycles. The molecule has 4 rings (SSSR count). The minimum Gasteiger partial charge on any atom is -0.345 e. The number of carbonyl (C=O) groups is 2. The molecule has 0 radical (unpaired) electrons. The van der Waals surface area contributed by atoms with Gasteiger partial charge in [-0.15, -0.1) is 0 Å². The number of rotatable bonds is 11. The van der Waals surface area contributed by atoms with Gasteiger partial charge in [-0.2, -0.15) is 11.8 Å². The van der Waals surface area contributed by atoms with Gasteiger partial charge in [0.25, 0.3) is 5.91 Å². The zero-order valence-electron chi connectivity index (χ0n) is 22.6. The molecule has 6 heteroatoms. The van der Waals surface area contributed by atoms with Crippen LogP contribution in [0.4, 0.5) is 0 Å². The Hall–Kier alpha value is -3.80. The largest absolute Gasteiger partial charge is 0.346 e. The molecule has 4 aromatic carbocycles. The molecule has 0 aliphatic rings. The van der Waals surface area contributed by atoms with Crippen molar-refractivity contribution >= 4 is 47.7 Å². The van der Waals surface area contributed by atoms with Gasteiger partial charge in [-0.3, -0.25) is 4.79 Å². The van der Waals surface area contributed by atoms with Crippen LogP contribution in [0.5, 0.6) is 0 Å². The lowest BCUT2D eigenvalue weighted by molar-refractivity contribution is -0.136. The van der Waals surface area contributed by atoms with Gasteiger partial charge >= 0.3 is 5.97 Å². The third-order valence-corrected chi connectivity index (χ3v) is 7.54. The van der Waals surface area contributed by atoms with Crippen LogP contribution in [0.15, 0.2) is 97.1 Å². The maximum Gasteiger partial charge on any atom is 0.346 e. The number of carbonyl (C=O) groups excluding carboxylic acids is 2. The van der Waals surface area contributed by atoms with Gasteiger partial charge in [-0.05, 0) is 82.9 Å². The van der Waals surface area contributed by atoms with E-state index in [9.17, 15) is 9.59 Å². The Morgan fingerprint density at radius 3 is 2.38 bits per heavy atom. The first-order chi connectivity index (χ1) is 19.5. The molecule has 0 aliphatic carbocycles. The van der Waals surface area contributed by atoms with Crippen molar-refractivity contribution in [3.8, 4) is 11.1 Å². The number of thioether (sulfide) groups is 1. The Kier molecular flexibility index (Phi) is 10.6. The molecule has 0 fully saturated rings. The van der Waals surface area contributed by atoms with Crippen molar-refractivity contribution in [1.29, 1.82) is 0 Å². The summed E-state index contributed by atoms with van der Waals surface area (Å²) in [4.78, 5) is 25.7. The summed E-state index contributed by atoms with van der Waals surface area (Å²) in [6.45, 7) is 2.02. The van der Waals surface area contributed by atoms with Crippen LogP contribution in [0.3, 0.4) is 0 Å². The number of nitrogens with one attached hydrogen (secondary N) is 1. The van der Waals surface area contributed by atoms with Crippen molar-refractivity contribution in [2.45, 2.75) is 25.8 Å². The highest BCUT2D eigenvalue weighted by atomic mass is 35.5. The van der Waals surface area contributed by atoms with Crippen LogP contribution in [0.25, 0.3) is 23.3 Å². The normalized spacial score (nSPS) is 11.8. The summed E-state index contributed by atoms with van der Waals surface area (Å²) in [5.41, 5.74) is 7.87. The quantitative estimate of drug-likeness (QED) is 0.186. The molecular formula is C34H32ClNO3S. The van der Waals surface area contributed by atoms with Crippen LogP contribution in [0, 0.1) is 6.92 Å². The van der Waals surface area contributed by atoms with Gasteiger partial charge in [0, 0.05) is 5.56 Å². The van der Waals surface area contributed by atoms with Crippen LogP contribution >= 0.6 is 23.6 Å². The Morgan fingerprint density at radius 2 is 1.62 bits per heavy atom. The molecule has 0 aliphatic heterocycles. The lowest BCUT2D eigenvalue weighted by Crippen LogP contribution is -2.41. The molecule has 1 amide bonds. The second-order valence-corrected chi connectivity index (χ2v) is 10.7. The van der Waals surface area contributed by atoms with Crippen LogP contribution < -0.4 is 5.32 Å². The van der Waals surface area contributed by atoms with Gasteiger partial charge in [-0.25, -0.2) is 4.79 Å². The molecule has 4 nitrogen and oxygen atoms in total. The van der Waals surface area contributed by atoms with E-state index >= 15 is 0 Å². The summed E-state index contributed by atoms with van der Waals surface area (Å²) in [6, 6.07) is 31.7. The second kappa shape index (κ2) is 14.5. The van der Waals surface area contributed by atoms with Crippen LogP contribution in [0.2, 0.25) is 0 Å². The van der Waals surface area contributed by atoms with Crippen LogP contribution in [0.1, 0.15) is 44.6 Å². The van der Waals surface area contributed by atoms with Gasteiger partial charge < -0.3 is 9.61 Å². The molecule has 0 spiro atoms. The topological polar surface area (TPSA) is 55.4 Å². The molecule has 1 unspecified atom stereocenters. The molecule has 0 bridgehead atoms. The summed E-state index contributed by atoms with van der Waals surface area (Å²) in [7, 11) is 0. The van der Waals surface area contributed by atoms with Crippen LogP contribution in [-0.2, 0) is 15.5 Å². The fraction of sp³-hybridized carbons (Fsp3) is 0.176. The smallest absolute Gasteiger partial charge is 0.345 e. The summed E-state index contributed by atoms with van der Waals surface area (Å²) in [5.74, 6) is -0.345. The first-order valence-corrected chi connectivity index (χ1v) is 14.8. The van der Waals surface area contributed by atoms with E-state index in [0.717, 1.165) is 34.2 Å². The van der Waals surface area contributed by atoms with E-state index in [4.69, 9.17) is 11.9 Å². The molecule has 40 heavy (non-hydrogen) atoms. The Morgan fingerprint density at radius 1 is 0.900 bits per heavy atom. The fourth-order valence-electron chi connectivity index (χ4n) is 4.60. The van der Waals surface area contributed by atoms with Crippen LogP contribution in [-0.4, -0.2) is 29.9 Å². The first-order valence-electron chi connectivity index (χ1n) is 13.1. The van der Waals surface area contributed by atoms with E-state index in [2.05, 4.69) is 64.2 Å². The monoisotopic (exact) mass is 569 g/mol. The molecule has 4 aromatic rings. The zero-order valence-corrected chi connectivity index (χ0v) is 24.2. The second-order valence-electron chi connectivity index (χ2n) is 9.52. The van der Waals surface area contributed by atoms with Gasteiger partial charge in [0.2, 0.25) is 0 Å². The van der Waals surface area contributed by atoms with E-state index in [1.165, 1.54) is 11.1 Å². The van der Waals surface area contributed by atoms with Gasteiger partial charge in [-0.1, -0.05) is 97.1 Å². The average Bonchev–Trinajstić information content (AvgIpc) is 2.99. The number of hydrogen-bond donors (Lipinski definition) is 1. The number of aryl methyl sites for hydroxylation is 1. The standard InChI is InChI=1S/C34H32ClNO3S/c1-24-10-6-9-15-29(24)31-23-26(17-19-30(31)33(37)36-32(20-21-40-2)34(38)39-35)16-18-27-13-7-8-14-28(27)22-25-11-4-3-5-12-25/h3-19,23,32H,20-22H2,1-2H3,(H,36,37)/b18-16+. The molecule has 0 aromatic heterocycles. The lowest BCUT2D eigenvalue weighted by Gasteiger charge is -2.18.